The number of unbranched alkanes of at least 4 members (excludes halogenated alkanes) is 36. The quantitative estimate of drug-likeness (QED) is 0.0262. The third-order valence-corrected chi connectivity index (χ3v) is 13.4. The first-order valence-electron chi connectivity index (χ1n) is 30.1. The molecule has 402 valence electrons. The molecule has 0 spiro atoms. The van der Waals surface area contributed by atoms with E-state index in [1.54, 1.807) is 0 Å². The molecule has 0 aromatic carbocycles. The summed E-state index contributed by atoms with van der Waals surface area (Å²) in [6, 6.07) is 0. The number of rotatable bonds is 55. The van der Waals surface area contributed by atoms with Gasteiger partial charge >= 0.3 is 17.9 Å². The first-order valence-corrected chi connectivity index (χ1v) is 30.1. The fraction of sp³-hybridized carbons (Fsp3) is 0.825. The zero-order chi connectivity index (χ0) is 50.0. The summed E-state index contributed by atoms with van der Waals surface area (Å²) in [5.41, 5.74) is 0. The van der Waals surface area contributed by atoms with E-state index < -0.39 is 6.10 Å². The summed E-state index contributed by atoms with van der Waals surface area (Å²) in [6.45, 7) is 6.51. The van der Waals surface area contributed by atoms with Crippen molar-refractivity contribution in [2.24, 2.45) is 0 Å². The maximum absolute atomic E-state index is 12.9. The van der Waals surface area contributed by atoms with Gasteiger partial charge in [0.1, 0.15) is 13.2 Å². The van der Waals surface area contributed by atoms with E-state index in [9.17, 15) is 14.4 Å². The molecule has 0 amide bonds. The van der Waals surface area contributed by atoms with Crippen LogP contribution >= 0.6 is 0 Å². The van der Waals surface area contributed by atoms with Gasteiger partial charge in [-0.1, -0.05) is 301 Å². The van der Waals surface area contributed by atoms with Crippen LogP contribution in [0.3, 0.4) is 0 Å². The molecule has 0 aliphatic heterocycles. The van der Waals surface area contributed by atoms with Crippen molar-refractivity contribution >= 4 is 17.9 Å². The second-order valence-electron chi connectivity index (χ2n) is 20.2. The van der Waals surface area contributed by atoms with Crippen molar-refractivity contribution in [1.29, 1.82) is 0 Å². The molecule has 1 atom stereocenters. The van der Waals surface area contributed by atoms with Crippen molar-refractivity contribution in [2.75, 3.05) is 13.2 Å². The number of hydrogen-bond donors (Lipinski definition) is 0. The molecule has 0 fully saturated rings. The minimum atomic E-state index is -0.798. The number of hydrogen-bond acceptors (Lipinski definition) is 6. The molecule has 0 aliphatic carbocycles. The molecule has 0 aromatic heterocycles. The first kappa shape index (κ1) is 66.4. The van der Waals surface area contributed by atoms with Crippen LogP contribution in [0.25, 0.3) is 0 Å². The van der Waals surface area contributed by atoms with Gasteiger partial charge in [0.2, 0.25) is 0 Å². The fourth-order valence-corrected chi connectivity index (χ4v) is 8.87. The van der Waals surface area contributed by atoms with E-state index in [1.807, 2.05) is 6.08 Å². The smallest absolute Gasteiger partial charge is 0.306 e. The predicted molar refractivity (Wildman–Crippen MR) is 298 cm³/mol. The SMILES string of the molecule is CC/C=C\C/C=C\C/C=C\C/C=C\CCC(=O)OCC(COC(=O)CCCCCCCCCCCCCCCCCCCCCCC)OC(=O)CCCCCCCCCCCCCCCCCCC. The lowest BCUT2D eigenvalue weighted by Gasteiger charge is -2.18. The van der Waals surface area contributed by atoms with Crippen LogP contribution in [0.5, 0.6) is 0 Å². The number of allylic oxidation sites excluding steroid dienone is 8. The Morgan fingerprint density at radius 3 is 0.884 bits per heavy atom. The van der Waals surface area contributed by atoms with E-state index in [1.165, 1.54) is 205 Å². The Hall–Kier alpha value is -2.63. The highest BCUT2D eigenvalue weighted by Gasteiger charge is 2.19. The third kappa shape index (κ3) is 56.2. The van der Waals surface area contributed by atoms with Gasteiger partial charge in [-0.25, -0.2) is 0 Å². The van der Waals surface area contributed by atoms with E-state index in [0.717, 1.165) is 64.2 Å². The maximum atomic E-state index is 12.9. The summed E-state index contributed by atoms with van der Waals surface area (Å²) in [4.78, 5) is 38.1. The Morgan fingerprint density at radius 1 is 0.304 bits per heavy atom. The van der Waals surface area contributed by atoms with Crippen LogP contribution < -0.4 is 0 Å². The molecule has 6 nitrogen and oxygen atoms in total. The number of esters is 3. The van der Waals surface area contributed by atoms with Gasteiger partial charge in [0, 0.05) is 19.3 Å². The Bertz CT molecular complexity index is 1200. The molecule has 0 radical (unpaired) electrons. The van der Waals surface area contributed by atoms with Crippen LogP contribution in [0.15, 0.2) is 48.6 Å². The molecule has 0 saturated carbocycles. The van der Waals surface area contributed by atoms with Crippen LogP contribution in [-0.2, 0) is 28.6 Å². The summed E-state index contributed by atoms with van der Waals surface area (Å²) < 4.78 is 16.8. The van der Waals surface area contributed by atoms with E-state index >= 15 is 0 Å². The number of carbonyl (C=O) groups is 3. The van der Waals surface area contributed by atoms with Gasteiger partial charge < -0.3 is 14.2 Å². The van der Waals surface area contributed by atoms with Gasteiger partial charge in [-0.15, -0.1) is 0 Å². The Balaban J connectivity index is 4.33. The van der Waals surface area contributed by atoms with Crippen LogP contribution in [0.4, 0.5) is 0 Å². The van der Waals surface area contributed by atoms with E-state index in [4.69, 9.17) is 14.2 Å². The zero-order valence-electron chi connectivity index (χ0n) is 46.1. The van der Waals surface area contributed by atoms with Crippen molar-refractivity contribution in [1.82, 2.24) is 0 Å². The fourth-order valence-electron chi connectivity index (χ4n) is 8.87. The average molecular weight is 968 g/mol. The van der Waals surface area contributed by atoms with Gasteiger partial charge in [-0.2, -0.15) is 0 Å². The van der Waals surface area contributed by atoms with Crippen molar-refractivity contribution < 1.29 is 28.6 Å². The molecular weight excluding hydrogens is 853 g/mol. The molecule has 0 heterocycles. The predicted octanol–water partition coefficient (Wildman–Crippen LogP) is 20.2. The highest BCUT2D eigenvalue weighted by Crippen LogP contribution is 2.17. The second kappa shape index (κ2) is 57.9. The van der Waals surface area contributed by atoms with Crippen molar-refractivity contribution in [3.63, 3.8) is 0 Å². The Morgan fingerprint density at radius 2 is 0.565 bits per heavy atom. The lowest BCUT2D eigenvalue weighted by molar-refractivity contribution is -0.166. The Labute approximate surface area is 428 Å². The molecule has 1 unspecified atom stereocenters. The molecule has 0 rings (SSSR count). The minimum absolute atomic E-state index is 0.0903. The van der Waals surface area contributed by atoms with Gasteiger partial charge in [-0.3, -0.25) is 14.4 Å². The summed E-state index contributed by atoms with van der Waals surface area (Å²) in [5.74, 6) is -0.956. The number of carbonyl (C=O) groups excluding carboxylic acids is 3. The summed E-state index contributed by atoms with van der Waals surface area (Å²) in [7, 11) is 0. The molecule has 6 heteroatoms. The third-order valence-electron chi connectivity index (χ3n) is 13.4. The van der Waals surface area contributed by atoms with Crippen LogP contribution in [0, 0.1) is 0 Å². The lowest BCUT2D eigenvalue weighted by atomic mass is 10.0. The standard InChI is InChI=1S/C63H114O6/c1-4-7-10-13-16-19-22-25-27-29-30-31-32-34-35-38-41-44-47-50-53-56-62(65)68-59-60(58-67-61(64)55-52-49-46-43-40-37-24-21-18-15-12-9-6-3)69-63(66)57-54-51-48-45-42-39-36-33-28-26-23-20-17-14-11-8-5-2/h9,12,18,21,37,40,46,49,60H,4-8,10-11,13-17,19-20,22-36,38-39,41-45,47-48,50-59H2,1-3H3/b12-9-,21-18-,40-37-,49-46-. The molecular formula is C63H114O6. The highest BCUT2D eigenvalue weighted by atomic mass is 16.6. The molecule has 69 heavy (non-hydrogen) atoms. The monoisotopic (exact) mass is 967 g/mol. The highest BCUT2D eigenvalue weighted by molar-refractivity contribution is 5.71. The summed E-state index contributed by atoms with van der Waals surface area (Å²) in [6.07, 6.45) is 71.3. The topological polar surface area (TPSA) is 78.9 Å². The van der Waals surface area contributed by atoms with Crippen molar-refractivity contribution in [3.05, 3.63) is 48.6 Å². The summed E-state index contributed by atoms with van der Waals surface area (Å²) >= 11 is 0. The van der Waals surface area contributed by atoms with Crippen molar-refractivity contribution in [3.8, 4) is 0 Å². The molecule has 0 aromatic rings. The largest absolute Gasteiger partial charge is 0.462 e. The molecule has 0 N–H and O–H groups in total. The van der Waals surface area contributed by atoms with Gasteiger partial charge in [0.25, 0.3) is 0 Å². The summed E-state index contributed by atoms with van der Waals surface area (Å²) in [5, 5.41) is 0. The normalized spacial score (nSPS) is 12.3. The van der Waals surface area contributed by atoms with Crippen LogP contribution in [-0.4, -0.2) is 37.2 Å². The lowest BCUT2D eigenvalue weighted by Crippen LogP contribution is -2.30. The minimum Gasteiger partial charge on any atom is -0.462 e. The molecule has 0 bridgehead atoms. The maximum Gasteiger partial charge on any atom is 0.306 e. The van der Waals surface area contributed by atoms with Crippen LogP contribution in [0.1, 0.15) is 316 Å². The van der Waals surface area contributed by atoms with Gasteiger partial charge in [0.15, 0.2) is 6.10 Å². The molecule has 0 aliphatic rings. The molecule has 0 saturated heterocycles. The average Bonchev–Trinajstić information content (AvgIpc) is 3.35. The Kier molecular flexibility index (Phi) is 55.7. The van der Waals surface area contributed by atoms with E-state index in [-0.39, 0.29) is 37.5 Å². The number of ether oxygens (including phenoxy) is 3. The second-order valence-corrected chi connectivity index (χ2v) is 20.2. The first-order chi connectivity index (χ1) is 34.0. The van der Waals surface area contributed by atoms with Gasteiger partial charge in [0.05, 0.1) is 0 Å². The van der Waals surface area contributed by atoms with Crippen LogP contribution in [0.2, 0.25) is 0 Å². The van der Waals surface area contributed by atoms with E-state index in [0.29, 0.717) is 19.3 Å². The zero-order valence-corrected chi connectivity index (χ0v) is 46.1. The van der Waals surface area contributed by atoms with Gasteiger partial charge in [-0.05, 0) is 44.9 Å². The van der Waals surface area contributed by atoms with Crippen molar-refractivity contribution in [2.45, 2.75) is 322 Å². The van der Waals surface area contributed by atoms with E-state index in [2.05, 4.69) is 63.3 Å².